The van der Waals surface area contributed by atoms with E-state index in [1.807, 2.05) is 24.2 Å². The van der Waals surface area contributed by atoms with Gasteiger partial charge in [-0.2, -0.15) is 0 Å². The second kappa shape index (κ2) is 6.78. The van der Waals surface area contributed by atoms with Crippen LogP contribution in [-0.2, 0) is 11.3 Å². The van der Waals surface area contributed by atoms with Crippen LogP contribution in [0.2, 0.25) is 0 Å². The Morgan fingerprint density at radius 2 is 2.05 bits per heavy atom. The monoisotopic (exact) mass is 301 g/mol. The first-order valence-electron chi connectivity index (χ1n) is 8.59. The van der Waals surface area contributed by atoms with E-state index in [1.54, 1.807) is 0 Å². The third-order valence-corrected chi connectivity index (χ3v) is 5.05. The van der Waals surface area contributed by atoms with Crippen LogP contribution in [-0.4, -0.2) is 46.4 Å². The highest BCUT2D eigenvalue weighted by molar-refractivity contribution is 5.79. The molecule has 1 saturated carbocycles. The van der Waals surface area contributed by atoms with Crippen molar-refractivity contribution in [1.29, 1.82) is 0 Å². The fourth-order valence-electron chi connectivity index (χ4n) is 3.05. The number of rotatable bonds is 7. The minimum atomic E-state index is 0.165. The number of carbonyl (C=O) groups excluding carboxylic acids is 1. The van der Waals surface area contributed by atoms with Gasteiger partial charge in [0.2, 0.25) is 5.91 Å². The standard InChI is InChI=1S/C18H27N3O/c1-3-14(2)18(22)21-12-17(13-21)20(10-15-4-5-15)11-16-6-8-19-9-7-16/h6-9,14-15,17H,3-5,10-13H2,1-2H3. The molecule has 4 nitrogen and oxygen atoms in total. The molecule has 2 aliphatic rings. The molecule has 1 aliphatic carbocycles. The van der Waals surface area contributed by atoms with Crippen molar-refractivity contribution in [3.8, 4) is 0 Å². The molecule has 0 bridgehead atoms. The Morgan fingerprint density at radius 1 is 1.36 bits per heavy atom. The lowest BCUT2D eigenvalue weighted by atomic mass is 10.0. The van der Waals surface area contributed by atoms with Gasteiger partial charge in [0.25, 0.3) is 0 Å². The second-order valence-corrected chi connectivity index (χ2v) is 6.93. The number of hydrogen-bond donors (Lipinski definition) is 0. The summed E-state index contributed by atoms with van der Waals surface area (Å²) in [6.45, 7) is 8.09. The predicted molar refractivity (Wildman–Crippen MR) is 87.2 cm³/mol. The Morgan fingerprint density at radius 3 is 2.64 bits per heavy atom. The molecule has 1 amide bonds. The largest absolute Gasteiger partial charge is 0.339 e. The van der Waals surface area contributed by atoms with Gasteiger partial charge in [-0.15, -0.1) is 0 Å². The average Bonchev–Trinajstić information content (AvgIpc) is 3.29. The summed E-state index contributed by atoms with van der Waals surface area (Å²) in [4.78, 5) is 20.9. The van der Waals surface area contributed by atoms with E-state index in [2.05, 4.69) is 28.9 Å². The van der Waals surface area contributed by atoms with Gasteiger partial charge in [-0.1, -0.05) is 13.8 Å². The molecule has 0 radical (unpaired) electrons. The van der Waals surface area contributed by atoms with Crippen LogP contribution in [0, 0.1) is 11.8 Å². The Hall–Kier alpha value is -1.42. The predicted octanol–water partition coefficient (Wildman–Crippen LogP) is 2.55. The number of pyridine rings is 1. The third kappa shape index (κ3) is 3.67. The van der Waals surface area contributed by atoms with E-state index >= 15 is 0 Å². The van der Waals surface area contributed by atoms with Crippen LogP contribution in [0.1, 0.15) is 38.7 Å². The molecule has 4 heteroatoms. The summed E-state index contributed by atoms with van der Waals surface area (Å²) in [6.07, 6.45) is 7.40. The van der Waals surface area contributed by atoms with Gasteiger partial charge in [0, 0.05) is 50.5 Å². The summed E-state index contributed by atoms with van der Waals surface area (Å²) in [5.41, 5.74) is 1.32. The van der Waals surface area contributed by atoms with E-state index in [4.69, 9.17) is 0 Å². The molecule has 1 saturated heterocycles. The van der Waals surface area contributed by atoms with Crippen molar-refractivity contribution in [3.05, 3.63) is 30.1 Å². The lowest BCUT2D eigenvalue weighted by Gasteiger charge is -2.46. The number of nitrogens with zero attached hydrogens (tertiary/aromatic N) is 3. The van der Waals surface area contributed by atoms with Gasteiger partial charge >= 0.3 is 0 Å². The van der Waals surface area contributed by atoms with Gasteiger partial charge in [0.05, 0.1) is 0 Å². The quantitative estimate of drug-likeness (QED) is 0.776. The van der Waals surface area contributed by atoms with Crippen molar-refractivity contribution in [2.75, 3.05) is 19.6 Å². The average molecular weight is 301 g/mol. The minimum Gasteiger partial charge on any atom is -0.339 e. The van der Waals surface area contributed by atoms with Crippen LogP contribution in [0.3, 0.4) is 0 Å². The lowest BCUT2D eigenvalue weighted by molar-refractivity contribution is -0.143. The number of carbonyl (C=O) groups is 1. The van der Waals surface area contributed by atoms with Crippen LogP contribution in [0.25, 0.3) is 0 Å². The lowest BCUT2D eigenvalue weighted by Crippen LogP contribution is -2.62. The van der Waals surface area contributed by atoms with Crippen molar-refractivity contribution in [1.82, 2.24) is 14.8 Å². The maximum Gasteiger partial charge on any atom is 0.225 e. The van der Waals surface area contributed by atoms with Crippen LogP contribution >= 0.6 is 0 Å². The Labute approximate surface area is 133 Å². The molecule has 1 atom stereocenters. The van der Waals surface area contributed by atoms with Gasteiger partial charge in [0.15, 0.2) is 0 Å². The van der Waals surface area contributed by atoms with Gasteiger partial charge in [-0.25, -0.2) is 0 Å². The molecule has 0 N–H and O–H groups in total. The van der Waals surface area contributed by atoms with Crippen LogP contribution in [0.5, 0.6) is 0 Å². The molecule has 1 aromatic rings. The van der Waals surface area contributed by atoms with Crippen molar-refractivity contribution < 1.29 is 4.79 Å². The Balaban J connectivity index is 1.56. The summed E-state index contributed by atoms with van der Waals surface area (Å²) >= 11 is 0. The molecule has 1 unspecified atom stereocenters. The van der Waals surface area contributed by atoms with E-state index in [9.17, 15) is 4.79 Å². The van der Waals surface area contributed by atoms with E-state index < -0.39 is 0 Å². The van der Waals surface area contributed by atoms with Crippen molar-refractivity contribution in [3.63, 3.8) is 0 Å². The number of amides is 1. The smallest absolute Gasteiger partial charge is 0.225 e. The third-order valence-electron chi connectivity index (χ3n) is 5.05. The van der Waals surface area contributed by atoms with Crippen LogP contribution in [0.15, 0.2) is 24.5 Å². The second-order valence-electron chi connectivity index (χ2n) is 6.93. The molecular weight excluding hydrogens is 274 g/mol. The number of aromatic nitrogens is 1. The highest BCUT2D eigenvalue weighted by Crippen LogP contribution is 2.32. The maximum absolute atomic E-state index is 12.2. The number of hydrogen-bond acceptors (Lipinski definition) is 3. The molecule has 2 heterocycles. The fourth-order valence-corrected chi connectivity index (χ4v) is 3.05. The van der Waals surface area contributed by atoms with Crippen LogP contribution < -0.4 is 0 Å². The molecule has 2 fully saturated rings. The highest BCUT2D eigenvalue weighted by Gasteiger charge is 2.37. The minimum absolute atomic E-state index is 0.165. The van der Waals surface area contributed by atoms with E-state index in [-0.39, 0.29) is 5.92 Å². The summed E-state index contributed by atoms with van der Waals surface area (Å²) < 4.78 is 0. The summed E-state index contributed by atoms with van der Waals surface area (Å²) in [6, 6.07) is 4.73. The van der Waals surface area contributed by atoms with Gasteiger partial charge in [0.1, 0.15) is 0 Å². The zero-order valence-corrected chi connectivity index (χ0v) is 13.7. The van der Waals surface area contributed by atoms with Gasteiger partial charge in [-0.05, 0) is 42.9 Å². The highest BCUT2D eigenvalue weighted by atomic mass is 16.2. The zero-order chi connectivity index (χ0) is 15.5. The first-order chi connectivity index (χ1) is 10.7. The molecule has 120 valence electrons. The Bertz CT molecular complexity index is 494. The van der Waals surface area contributed by atoms with Crippen molar-refractivity contribution in [2.45, 2.75) is 45.7 Å². The molecule has 0 aromatic carbocycles. The summed E-state index contributed by atoms with van der Waals surface area (Å²) in [5, 5.41) is 0. The molecule has 0 spiro atoms. The normalized spacial score (nSPS) is 20.0. The Kier molecular flexibility index (Phi) is 4.77. The first-order valence-corrected chi connectivity index (χ1v) is 8.59. The molecular formula is C18H27N3O. The summed E-state index contributed by atoms with van der Waals surface area (Å²) in [5.74, 6) is 1.37. The SMILES string of the molecule is CCC(C)C(=O)N1CC(N(Cc2ccncc2)CC2CC2)C1. The van der Waals surface area contributed by atoms with Gasteiger partial charge < -0.3 is 4.90 Å². The maximum atomic E-state index is 12.2. The zero-order valence-electron chi connectivity index (χ0n) is 13.7. The van der Waals surface area contributed by atoms with Crippen LogP contribution in [0.4, 0.5) is 0 Å². The van der Waals surface area contributed by atoms with Crippen molar-refractivity contribution in [2.24, 2.45) is 11.8 Å². The molecule has 1 aromatic heterocycles. The number of likely N-dealkylation sites (tertiary alicyclic amines) is 1. The first kappa shape index (κ1) is 15.5. The van der Waals surface area contributed by atoms with Crippen molar-refractivity contribution >= 4 is 5.91 Å². The molecule has 1 aliphatic heterocycles. The topological polar surface area (TPSA) is 36.4 Å². The van der Waals surface area contributed by atoms with E-state index in [1.165, 1.54) is 24.9 Å². The van der Waals surface area contributed by atoms with E-state index in [0.29, 0.717) is 11.9 Å². The molecule has 3 rings (SSSR count). The van der Waals surface area contributed by atoms with Gasteiger partial charge in [-0.3, -0.25) is 14.7 Å². The molecule has 22 heavy (non-hydrogen) atoms. The fraction of sp³-hybridized carbons (Fsp3) is 0.667. The summed E-state index contributed by atoms with van der Waals surface area (Å²) in [7, 11) is 0. The van der Waals surface area contributed by atoms with E-state index in [0.717, 1.165) is 32.0 Å².